The number of rotatable bonds is 4. The molecule has 0 aliphatic carbocycles. The first-order valence-electron chi connectivity index (χ1n) is 5.14. The van der Waals surface area contributed by atoms with Crippen LogP contribution in [0.2, 0.25) is 5.02 Å². The van der Waals surface area contributed by atoms with Gasteiger partial charge in [0.15, 0.2) is 0 Å². The fraction of sp³-hybridized carbons (Fsp3) is 0.417. The highest BCUT2D eigenvalue weighted by molar-refractivity contribution is 6.32. The van der Waals surface area contributed by atoms with Crippen molar-refractivity contribution in [3.05, 3.63) is 28.3 Å². The van der Waals surface area contributed by atoms with Gasteiger partial charge < -0.3 is 14.8 Å². The molecule has 0 heterocycles. The van der Waals surface area contributed by atoms with Crippen molar-refractivity contribution < 1.29 is 14.3 Å². The molecule has 0 saturated heterocycles. The number of likely N-dealkylation sites (N-methyl/N-ethyl adjacent to an activating group) is 1. The number of esters is 1. The molecule has 1 aromatic carbocycles. The second-order valence-electron chi connectivity index (χ2n) is 3.59. The topological polar surface area (TPSA) is 47.6 Å². The SMILES string of the molecule is CNC(C(=O)OC)c1cc(Cl)c(OC)cc1C. The van der Waals surface area contributed by atoms with Crippen LogP contribution in [-0.2, 0) is 9.53 Å². The first-order chi connectivity index (χ1) is 8.04. The number of halogens is 1. The summed E-state index contributed by atoms with van der Waals surface area (Å²) in [5.41, 5.74) is 1.70. The molecule has 1 aromatic rings. The zero-order valence-corrected chi connectivity index (χ0v) is 11.1. The van der Waals surface area contributed by atoms with Gasteiger partial charge in [-0.15, -0.1) is 0 Å². The quantitative estimate of drug-likeness (QED) is 0.839. The maximum Gasteiger partial charge on any atom is 0.327 e. The molecule has 1 atom stereocenters. The molecule has 0 spiro atoms. The van der Waals surface area contributed by atoms with Crippen molar-refractivity contribution in [1.29, 1.82) is 0 Å². The molecule has 0 amide bonds. The smallest absolute Gasteiger partial charge is 0.327 e. The fourth-order valence-electron chi connectivity index (χ4n) is 1.66. The summed E-state index contributed by atoms with van der Waals surface area (Å²) < 4.78 is 9.85. The van der Waals surface area contributed by atoms with Crippen molar-refractivity contribution >= 4 is 17.6 Å². The number of carbonyl (C=O) groups is 1. The highest BCUT2D eigenvalue weighted by atomic mass is 35.5. The minimum absolute atomic E-state index is 0.350. The standard InChI is InChI=1S/C12H16ClNO3/c1-7-5-10(16-3)9(13)6-8(7)11(14-2)12(15)17-4/h5-6,11,14H,1-4H3. The zero-order chi connectivity index (χ0) is 13.0. The average Bonchev–Trinajstić information content (AvgIpc) is 2.33. The molecule has 0 fully saturated rings. The van der Waals surface area contributed by atoms with Gasteiger partial charge in [-0.2, -0.15) is 0 Å². The van der Waals surface area contributed by atoms with Gasteiger partial charge in [-0.05, 0) is 37.2 Å². The summed E-state index contributed by atoms with van der Waals surface area (Å²) in [6, 6.07) is 2.99. The molecule has 0 saturated carbocycles. The third kappa shape index (κ3) is 2.90. The fourth-order valence-corrected chi connectivity index (χ4v) is 1.91. The lowest BCUT2D eigenvalue weighted by Gasteiger charge is -2.17. The number of methoxy groups -OCH3 is 2. The Morgan fingerprint density at radius 2 is 2.06 bits per heavy atom. The van der Waals surface area contributed by atoms with Gasteiger partial charge in [-0.25, -0.2) is 4.79 Å². The molecular weight excluding hydrogens is 242 g/mol. The minimum atomic E-state index is -0.525. The lowest BCUT2D eigenvalue weighted by atomic mass is 10.0. The third-order valence-corrected chi connectivity index (χ3v) is 2.87. The second-order valence-corrected chi connectivity index (χ2v) is 4.00. The number of hydrogen-bond acceptors (Lipinski definition) is 4. The highest BCUT2D eigenvalue weighted by Gasteiger charge is 2.22. The highest BCUT2D eigenvalue weighted by Crippen LogP contribution is 2.31. The molecule has 0 aromatic heterocycles. The molecule has 94 valence electrons. The maximum atomic E-state index is 11.6. The predicted octanol–water partition coefficient (Wildman–Crippen LogP) is 2.09. The molecule has 17 heavy (non-hydrogen) atoms. The first-order valence-corrected chi connectivity index (χ1v) is 5.52. The average molecular weight is 258 g/mol. The molecule has 5 heteroatoms. The maximum absolute atomic E-state index is 11.6. The summed E-state index contributed by atoms with van der Waals surface area (Å²) in [5, 5.41) is 3.37. The van der Waals surface area contributed by atoms with Gasteiger partial charge in [0.05, 0.1) is 19.2 Å². The van der Waals surface area contributed by atoms with Crippen LogP contribution in [0.5, 0.6) is 5.75 Å². The van der Waals surface area contributed by atoms with Crippen molar-refractivity contribution in [2.45, 2.75) is 13.0 Å². The van der Waals surface area contributed by atoms with E-state index >= 15 is 0 Å². The van der Waals surface area contributed by atoms with Crippen molar-refractivity contribution in [2.24, 2.45) is 0 Å². The molecule has 0 radical (unpaired) electrons. The largest absolute Gasteiger partial charge is 0.495 e. The van der Waals surface area contributed by atoms with Gasteiger partial charge in [0, 0.05) is 0 Å². The molecular formula is C12H16ClNO3. The Balaban J connectivity index is 3.21. The van der Waals surface area contributed by atoms with Crippen molar-refractivity contribution in [2.75, 3.05) is 21.3 Å². The normalized spacial score (nSPS) is 12.1. The van der Waals surface area contributed by atoms with Crippen LogP contribution in [0.3, 0.4) is 0 Å². The van der Waals surface area contributed by atoms with E-state index in [9.17, 15) is 4.79 Å². The predicted molar refractivity (Wildman–Crippen MR) is 66.6 cm³/mol. The summed E-state index contributed by atoms with van der Waals surface area (Å²) in [7, 11) is 4.60. The Morgan fingerprint density at radius 1 is 1.41 bits per heavy atom. The van der Waals surface area contributed by atoms with E-state index in [0.717, 1.165) is 11.1 Å². The number of benzene rings is 1. The summed E-state index contributed by atoms with van der Waals surface area (Å²) >= 11 is 6.05. The summed E-state index contributed by atoms with van der Waals surface area (Å²) in [6.45, 7) is 1.89. The van der Waals surface area contributed by atoms with Gasteiger partial charge >= 0.3 is 5.97 Å². The lowest BCUT2D eigenvalue weighted by Crippen LogP contribution is -2.27. The van der Waals surface area contributed by atoms with E-state index in [4.69, 9.17) is 21.1 Å². The van der Waals surface area contributed by atoms with Crippen LogP contribution in [0.15, 0.2) is 12.1 Å². The van der Waals surface area contributed by atoms with Crippen LogP contribution in [0.1, 0.15) is 17.2 Å². The number of aryl methyl sites for hydroxylation is 1. The molecule has 4 nitrogen and oxygen atoms in total. The van der Waals surface area contributed by atoms with Crippen molar-refractivity contribution in [3.63, 3.8) is 0 Å². The van der Waals surface area contributed by atoms with Gasteiger partial charge in [-0.3, -0.25) is 0 Å². The van der Waals surface area contributed by atoms with E-state index in [2.05, 4.69) is 5.32 Å². The van der Waals surface area contributed by atoms with Gasteiger partial charge in [0.2, 0.25) is 0 Å². The van der Waals surface area contributed by atoms with Crippen LogP contribution < -0.4 is 10.1 Å². The second kappa shape index (κ2) is 5.89. The number of ether oxygens (including phenoxy) is 2. The van der Waals surface area contributed by atoms with Gasteiger partial charge in [0.25, 0.3) is 0 Å². The van der Waals surface area contributed by atoms with Crippen molar-refractivity contribution in [3.8, 4) is 5.75 Å². The summed E-state index contributed by atoms with van der Waals surface area (Å²) in [5.74, 6) is 0.240. The molecule has 1 rings (SSSR count). The Labute approximate surface area is 106 Å². The van der Waals surface area contributed by atoms with E-state index < -0.39 is 6.04 Å². The van der Waals surface area contributed by atoms with Crippen molar-refractivity contribution in [1.82, 2.24) is 5.32 Å². The number of carbonyl (C=O) groups excluding carboxylic acids is 1. The monoisotopic (exact) mass is 257 g/mol. The van der Waals surface area contributed by atoms with E-state index in [1.54, 1.807) is 26.3 Å². The minimum Gasteiger partial charge on any atom is -0.495 e. The number of nitrogens with one attached hydrogen (secondary N) is 1. The molecule has 1 unspecified atom stereocenters. The van der Waals surface area contributed by atoms with E-state index in [1.807, 2.05) is 6.92 Å². The Morgan fingerprint density at radius 3 is 2.53 bits per heavy atom. The Kier molecular flexibility index (Phi) is 4.78. The molecule has 0 aliphatic rings. The number of hydrogen-bond donors (Lipinski definition) is 1. The Hall–Kier alpha value is -1.26. The van der Waals surface area contributed by atoms with Gasteiger partial charge in [-0.1, -0.05) is 11.6 Å². The molecule has 0 aliphatic heterocycles. The Bertz CT molecular complexity index is 420. The first kappa shape index (κ1) is 13.8. The van der Waals surface area contributed by atoms with E-state index in [1.165, 1.54) is 7.11 Å². The van der Waals surface area contributed by atoms with E-state index in [-0.39, 0.29) is 5.97 Å². The van der Waals surface area contributed by atoms with Crippen LogP contribution in [0, 0.1) is 6.92 Å². The van der Waals surface area contributed by atoms with Crippen LogP contribution in [-0.4, -0.2) is 27.2 Å². The van der Waals surface area contributed by atoms with Crippen LogP contribution in [0.25, 0.3) is 0 Å². The summed E-state index contributed by atoms with van der Waals surface area (Å²) in [6.07, 6.45) is 0. The van der Waals surface area contributed by atoms with Gasteiger partial charge in [0.1, 0.15) is 11.8 Å². The van der Waals surface area contributed by atoms with Crippen LogP contribution >= 0.6 is 11.6 Å². The zero-order valence-electron chi connectivity index (χ0n) is 10.3. The lowest BCUT2D eigenvalue weighted by molar-refractivity contribution is -0.143. The van der Waals surface area contributed by atoms with E-state index in [0.29, 0.717) is 10.8 Å². The van der Waals surface area contributed by atoms with Crippen LogP contribution in [0.4, 0.5) is 0 Å². The summed E-state index contributed by atoms with van der Waals surface area (Å²) in [4.78, 5) is 11.6. The molecule has 1 N–H and O–H groups in total. The molecule has 0 bridgehead atoms. The third-order valence-electron chi connectivity index (χ3n) is 2.58.